The summed E-state index contributed by atoms with van der Waals surface area (Å²) in [5.41, 5.74) is 0.854. The van der Waals surface area contributed by atoms with Crippen molar-refractivity contribution in [3.63, 3.8) is 0 Å². The van der Waals surface area contributed by atoms with E-state index in [1.54, 1.807) is 15.2 Å². The molecule has 1 saturated heterocycles. The summed E-state index contributed by atoms with van der Waals surface area (Å²) in [5, 5.41) is 7.80. The van der Waals surface area contributed by atoms with Gasteiger partial charge in [-0.2, -0.15) is 9.40 Å². The van der Waals surface area contributed by atoms with Crippen LogP contribution in [0.25, 0.3) is 5.69 Å². The van der Waals surface area contributed by atoms with Crippen LogP contribution < -0.4 is 5.32 Å². The Kier molecular flexibility index (Phi) is 4.62. The zero-order chi connectivity index (χ0) is 17.3. The van der Waals surface area contributed by atoms with Gasteiger partial charge in [-0.25, -0.2) is 13.1 Å². The SMILES string of the molecule is O=S(=O)(c1cnn(-c2ccccc2)c1)N1CCC(NCC2CC2)CC1. The van der Waals surface area contributed by atoms with Gasteiger partial charge in [0.2, 0.25) is 10.0 Å². The molecule has 0 atom stereocenters. The van der Waals surface area contributed by atoms with E-state index in [2.05, 4.69) is 10.4 Å². The first-order valence-electron chi connectivity index (χ1n) is 8.96. The highest BCUT2D eigenvalue weighted by Gasteiger charge is 2.31. The number of hydrogen-bond donors (Lipinski definition) is 1. The van der Waals surface area contributed by atoms with Crippen LogP contribution in [-0.4, -0.2) is 48.2 Å². The second-order valence-electron chi connectivity index (χ2n) is 6.99. The summed E-state index contributed by atoms with van der Waals surface area (Å²) in [7, 11) is -3.47. The molecule has 1 saturated carbocycles. The Morgan fingerprint density at radius 1 is 1.08 bits per heavy atom. The molecule has 0 unspecified atom stereocenters. The van der Waals surface area contributed by atoms with Crippen LogP contribution in [0.5, 0.6) is 0 Å². The lowest BCUT2D eigenvalue weighted by Crippen LogP contribution is -2.45. The lowest BCUT2D eigenvalue weighted by molar-refractivity contribution is 0.288. The summed E-state index contributed by atoms with van der Waals surface area (Å²) >= 11 is 0. The largest absolute Gasteiger partial charge is 0.314 e. The molecule has 4 rings (SSSR count). The first-order valence-corrected chi connectivity index (χ1v) is 10.4. The van der Waals surface area contributed by atoms with Gasteiger partial charge in [0, 0.05) is 19.1 Å². The van der Waals surface area contributed by atoms with Crippen LogP contribution >= 0.6 is 0 Å². The number of rotatable bonds is 6. The zero-order valence-corrected chi connectivity index (χ0v) is 15.0. The molecule has 25 heavy (non-hydrogen) atoms. The monoisotopic (exact) mass is 360 g/mol. The fraction of sp³-hybridized carbons (Fsp3) is 0.500. The van der Waals surface area contributed by atoms with Gasteiger partial charge in [0.15, 0.2) is 0 Å². The summed E-state index contributed by atoms with van der Waals surface area (Å²) in [5.74, 6) is 0.852. The highest BCUT2D eigenvalue weighted by Crippen LogP contribution is 2.28. The van der Waals surface area contributed by atoms with Crippen LogP contribution in [0.2, 0.25) is 0 Å². The molecule has 2 fully saturated rings. The molecule has 1 aliphatic carbocycles. The van der Waals surface area contributed by atoms with Crippen LogP contribution in [-0.2, 0) is 10.0 Å². The predicted molar refractivity (Wildman–Crippen MR) is 96.1 cm³/mol. The molecule has 1 aromatic heterocycles. The van der Waals surface area contributed by atoms with Crippen molar-refractivity contribution in [2.45, 2.75) is 36.6 Å². The van der Waals surface area contributed by atoms with Crippen molar-refractivity contribution >= 4 is 10.0 Å². The highest BCUT2D eigenvalue weighted by atomic mass is 32.2. The average molecular weight is 360 g/mol. The minimum atomic E-state index is -3.47. The first kappa shape index (κ1) is 16.8. The molecule has 0 amide bonds. The van der Waals surface area contributed by atoms with E-state index in [0.29, 0.717) is 19.1 Å². The van der Waals surface area contributed by atoms with Gasteiger partial charge in [0.05, 0.1) is 18.1 Å². The Bertz CT molecular complexity index is 807. The van der Waals surface area contributed by atoms with Crippen molar-refractivity contribution in [1.82, 2.24) is 19.4 Å². The third-order valence-electron chi connectivity index (χ3n) is 5.06. The van der Waals surface area contributed by atoms with E-state index in [0.717, 1.165) is 31.0 Å². The van der Waals surface area contributed by atoms with E-state index in [4.69, 9.17) is 0 Å². The number of para-hydroxylation sites is 1. The first-order chi connectivity index (χ1) is 12.1. The Labute approximate surface area is 148 Å². The fourth-order valence-electron chi connectivity index (χ4n) is 3.27. The molecule has 1 aliphatic heterocycles. The van der Waals surface area contributed by atoms with Crippen LogP contribution in [0.15, 0.2) is 47.6 Å². The Morgan fingerprint density at radius 3 is 2.48 bits per heavy atom. The molecule has 1 aromatic carbocycles. The van der Waals surface area contributed by atoms with Crippen LogP contribution in [0.3, 0.4) is 0 Å². The second kappa shape index (κ2) is 6.90. The van der Waals surface area contributed by atoms with E-state index < -0.39 is 10.0 Å². The molecule has 2 heterocycles. The highest BCUT2D eigenvalue weighted by molar-refractivity contribution is 7.89. The molecular weight excluding hydrogens is 336 g/mol. The number of piperidine rings is 1. The molecule has 0 spiro atoms. The molecule has 0 bridgehead atoms. The average Bonchev–Trinajstić information content (AvgIpc) is 3.34. The van der Waals surface area contributed by atoms with E-state index in [1.807, 2.05) is 30.3 Å². The molecule has 2 aromatic rings. The quantitative estimate of drug-likeness (QED) is 0.856. The number of nitrogens with zero attached hydrogens (tertiary/aromatic N) is 3. The molecule has 134 valence electrons. The molecular formula is C18H24N4O2S. The van der Waals surface area contributed by atoms with Crippen LogP contribution in [0.4, 0.5) is 0 Å². The summed E-state index contributed by atoms with van der Waals surface area (Å²) < 4.78 is 28.9. The van der Waals surface area contributed by atoms with Crippen molar-refractivity contribution in [3.8, 4) is 5.69 Å². The Balaban J connectivity index is 1.41. The Morgan fingerprint density at radius 2 is 1.80 bits per heavy atom. The number of hydrogen-bond acceptors (Lipinski definition) is 4. The van der Waals surface area contributed by atoms with Crippen molar-refractivity contribution in [3.05, 3.63) is 42.7 Å². The van der Waals surface area contributed by atoms with Crippen molar-refractivity contribution in [1.29, 1.82) is 0 Å². The van der Waals surface area contributed by atoms with Gasteiger partial charge in [-0.15, -0.1) is 0 Å². The van der Waals surface area contributed by atoms with Gasteiger partial charge in [-0.1, -0.05) is 18.2 Å². The van der Waals surface area contributed by atoms with Crippen molar-refractivity contribution in [2.24, 2.45) is 5.92 Å². The number of benzene rings is 1. The minimum Gasteiger partial charge on any atom is -0.314 e. The van der Waals surface area contributed by atoms with Crippen molar-refractivity contribution < 1.29 is 8.42 Å². The maximum atomic E-state index is 12.9. The zero-order valence-electron chi connectivity index (χ0n) is 14.2. The fourth-order valence-corrected chi connectivity index (χ4v) is 4.67. The van der Waals surface area contributed by atoms with Crippen molar-refractivity contribution in [2.75, 3.05) is 19.6 Å². The lowest BCUT2D eigenvalue weighted by Gasteiger charge is -2.31. The van der Waals surface area contributed by atoms with E-state index in [9.17, 15) is 8.42 Å². The molecule has 6 nitrogen and oxygen atoms in total. The topological polar surface area (TPSA) is 67.2 Å². The number of aromatic nitrogens is 2. The van der Waals surface area contributed by atoms with Gasteiger partial charge in [0.1, 0.15) is 4.90 Å². The van der Waals surface area contributed by atoms with E-state index in [-0.39, 0.29) is 4.90 Å². The normalized spacial score (nSPS) is 20.0. The number of sulfonamides is 1. The molecule has 0 radical (unpaired) electrons. The molecule has 2 aliphatic rings. The summed E-state index contributed by atoms with van der Waals surface area (Å²) in [6.07, 6.45) is 7.47. The lowest BCUT2D eigenvalue weighted by atomic mass is 10.1. The summed E-state index contributed by atoms with van der Waals surface area (Å²) in [4.78, 5) is 0.265. The van der Waals surface area contributed by atoms with E-state index in [1.165, 1.54) is 19.0 Å². The van der Waals surface area contributed by atoms with Gasteiger partial charge < -0.3 is 5.32 Å². The number of nitrogens with one attached hydrogen (secondary N) is 1. The van der Waals surface area contributed by atoms with Crippen LogP contribution in [0.1, 0.15) is 25.7 Å². The van der Waals surface area contributed by atoms with Gasteiger partial charge in [-0.3, -0.25) is 0 Å². The second-order valence-corrected chi connectivity index (χ2v) is 8.92. The maximum Gasteiger partial charge on any atom is 0.246 e. The summed E-state index contributed by atoms with van der Waals surface area (Å²) in [6, 6.07) is 9.99. The molecule has 1 N–H and O–H groups in total. The Hall–Kier alpha value is -1.70. The van der Waals surface area contributed by atoms with E-state index >= 15 is 0 Å². The minimum absolute atomic E-state index is 0.265. The molecule has 7 heteroatoms. The predicted octanol–water partition coefficient (Wildman–Crippen LogP) is 2.02. The standard InChI is InChI=1S/C18H24N4O2S/c23-25(24,18-13-20-22(14-18)17-4-2-1-3-5-17)21-10-8-16(9-11-21)19-12-15-6-7-15/h1-5,13-16,19H,6-12H2. The van der Waals surface area contributed by atoms with Crippen LogP contribution in [0, 0.1) is 5.92 Å². The smallest absolute Gasteiger partial charge is 0.246 e. The van der Waals surface area contributed by atoms with Gasteiger partial charge in [0.25, 0.3) is 0 Å². The third-order valence-corrected chi connectivity index (χ3v) is 6.91. The summed E-state index contributed by atoms with van der Waals surface area (Å²) in [6.45, 7) is 2.23. The van der Waals surface area contributed by atoms with Gasteiger partial charge in [-0.05, 0) is 50.3 Å². The maximum absolute atomic E-state index is 12.9. The van der Waals surface area contributed by atoms with Gasteiger partial charge >= 0.3 is 0 Å². The third kappa shape index (κ3) is 3.78.